The first-order valence-electron chi connectivity index (χ1n) is 6.92. The fraction of sp³-hybridized carbons (Fsp3) is 0.278. The van der Waals surface area contributed by atoms with Crippen LogP contribution in [0.15, 0.2) is 42.5 Å². The average molecular weight is 267 g/mol. The van der Waals surface area contributed by atoms with Crippen LogP contribution in [-0.2, 0) is 0 Å². The standard InChI is InChI=1S/C18H21NO/c1-12-9-10-16(14(3)11-12)15(4)19-18(20)17-8-6-5-7-13(17)2/h5-11,15H,1-4H3,(H,19,20). The van der Waals surface area contributed by atoms with Gasteiger partial charge in [-0.15, -0.1) is 0 Å². The number of rotatable bonds is 3. The van der Waals surface area contributed by atoms with Gasteiger partial charge in [-0.25, -0.2) is 0 Å². The van der Waals surface area contributed by atoms with E-state index in [0.717, 1.165) is 16.7 Å². The van der Waals surface area contributed by atoms with Gasteiger partial charge in [0, 0.05) is 5.56 Å². The van der Waals surface area contributed by atoms with Crippen molar-refractivity contribution in [3.63, 3.8) is 0 Å². The molecule has 0 fully saturated rings. The molecule has 0 spiro atoms. The number of nitrogens with one attached hydrogen (secondary N) is 1. The largest absolute Gasteiger partial charge is 0.346 e. The van der Waals surface area contributed by atoms with Crippen LogP contribution in [0.5, 0.6) is 0 Å². The number of amides is 1. The molecule has 0 aliphatic heterocycles. The molecule has 20 heavy (non-hydrogen) atoms. The fourth-order valence-corrected chi connectivity index (χ4v) is 2.49. The van der Waals surface area contributed by atoms with Crippen LogP contribution in [0.25, 0.3) is 0 Å². The Morgan fingerprint density at radius 2 is 1.70 bits per heavy atom. The number of carbonyl (C=O) groups excluding carboxylic acids is 1. The molecule has 1 atom stereocenters. The number of carbonyl (C=O) groups is 1. The second-order valence-electron chi connectivity index (χ2n) is 5.37. The van der Waals surface area contributed by atoms with Crippen LogP contribution in [0.4, 0.5) is 0 Å². The molecule has 2 heteroatoms. The summed E-state index contributed by atoms with van der Waals surface area (Å²) in [7, 11) is 0. The van der Waals surface area contributed by atoms with E-state index in [0.29, 0.717) is 0 Å². The van der Waals surface area contributed by atoms with Crippen LogP contribution in [0.3, 0.4) is 0 Å². The molecule has 2 rings (SSSR count). The summed E-state index contributed by atoms with van der Waals surface area (Å²) in [6.07, 6.45) is 0. The summed E-state index contributed by atoms with van der Waals surface area (Å²) in [5.41, 5.74) is 5.35. The van der Waals surface area contributed by atoms with Gasteiger partial charge >= 0.3 is 0 Å². The van der Waals surface area contributed by atoms with Crippen LogP contribution in [0.2, 0.25) is 0 Å². The molecular weight excluding hydrogens is 246 g/mol. The predicted molar refractivity (Wildman–Crippen MR) is 83.0 cm³/mol. The monoisotopic (exact) mass is 267 g/mol. The molecule has 0 aliphatic rings. The molecule has 1 amide bonds. The zero-order chi connectivity index (χ0) is 14.7. The Kier molecular flexibility index (Phi) is 4.23. The Bertz CT molecular complexity index is 631. The van der Waals surface area contributed by atoms with Crippen LogP contribution in [0, 0.1) is 20.8 Å². The minimum atomic E-state index is -0.0180. The maximum Gasteiger partial charge on any atom is 0.252 e. The van der Waals surface area contributed by atoms with Crippen molar-refractivity contribution in [3.8, 4) is 0 Å². The zero-order valence-electron chi connectivity index (χ0n) is 12.5. The predicted octanol–water partition coefficient (Wildman–Crippen LogP) is 4.10. The lowest BCUT2D eigenvalue weighted by Gasteiger charge is -2.17. The van der Waals surface area contributed by atoms with E-state index in [4.69, 9.17) is 0 Å². The third-order valence-corrected chi connectivity index (χ3v) is 3.63. The molecule has 0 aliphatic carbocycles. The van der Waals surface area contributed by atoms with Gasteiger partial charge in [0.1, 0.15) is 0 Å². The van der Waals surface area contributed by atoms with Crippen molar-refractivity contribution in [2.45, 2.75) is 33.7 Å². The Morgan fingerprint density at radius 1 is 1.00 bits per heavy atom. The van der Waals surface area contributed by atoms with Crippen LogP contribution >= 0.6 is 0 Å². The van der Waals surface area contributed by atoms with E-state index >= 15 is 0 Å². The normalized spacial score (nSPS) is 12.0. The van der Waals surface area contributed by atoms with Crippen LogP contribution in [0.1, 0.15) is 45.6 Å². The van der Waals surface area contributed by atoms with Gasteiger partial charge in [0.25, 0.3) is 5.91 Å². The molecule has 0 aromatic heterocycles. The van der Waals surface area contributed by atoms with E-state index in [2.05, 4.69) is 37.4 Å². The molecule has 104 valence electrons. The zero-order valence-corrected chi connectivity index (χ0v) is 12.5. The first kappa shape index (κ1) is 14.3. The molecule has 1 N–H and O–H groups in total. The van der Waals surface area contributed by atoms with Crippen molar-refractivity contribution >= 4 is 5.91 Å². The second-order valence-corrected chi connectivity index (χ2v) is 5.37. The van der Waals surface area contributed by atoms with Gasteiger partial charge in [0.05, 0.1) is 6.04 Å². The van der Waals surface area contributed by atoms with Gasteiger partial charge in [0.15, 0.2) is 0 Å². The molecule has 0 heterocycles. The van der Waals surface area contributed by atoms with Gasteiger partial charge in [0.2, 0.25) is 0 Å². The summed E-state index contributed by atoms with van der Waals surface area (Å²) < 4.78 is 0. The van der Waals surface area contributed by atoms with Crippen molar-refractivity contribution in [3.05, 3.63) is 70.3 Å². The van der Waals surface area contributed by atoms with Crippen molar-refractivity contribution in [2.75, 3.05) is 0 Å². The highest BCUT2D eigenvalue weighted by molar-refractivity contribution is 5.95. The van der Waals surface area contributed by atoms with E-state index in [1.807, 2.05) is 38.1 Å². The minimum Gasteiger partial charge on any atom is -0.346 e. The third-order valence-electron chi connectivity index (χ3n) is 3.63. The van der Waals surface area contributed by atoms with E-state index < -0.39 is 0 Å². The topological polar surface area (TPSA) is 29.1 Å². The first-order valence-corrected chi connectivity index (χ1v) is 6.92. The molecule has 0 saturated carbocycles. The number of aryl methyl sites for hydroxylation is 3. The van der Waals surface area contributed by atoms with Crippen LogP contribution < -0.4 is 5.32 Å². The highest BCUT2D eigenvalue weighted by atomic mass is 16.1. The lowest BCUT2D eigenvalue weighted by molar-refractivity contribution is 0.0939. The maximum atomic E-state index is 12.3. The Hall–Kier alpha value is -2.09. The minimum absolute atomic E-state index is 0.00251. The second kappa shape index (κ2) is 5.91. The van der Waals surface area contributed by atoms with Crippen molar-refractivity contribution < 1.29 is 4.79 Å². The average Bonchev–Trinajstić information content (AvgIpc) is 2.38. The first-order chi connectivity index (χ1) is 9.49. The van der Waals surface area contributed by atoms with Gasteiger partial charge < -0.3 is 5.32 Å². The number of hydrogen-bond donors (Lipinski definition) is 1. The quantitative estimate of drug-likeness (QED) is 0.891. The van der Waals surface area contributed by atoms with E-state index in [-0.39, 0.29) is 11.9 Å². The summed E-state index contributed by atoms with van der Waals surface area (Å²) in [5, 5.41) is 3.07. The summed E-state index contributed by atoms with van der Waals surface area (Å²) in [6, 6.07) is 14.0. The highest BCUT2D eigenvalue weighted by Gasteiger charge is 2.14. The van der Waals surface area contributed by atoms with Crippen LogP contribution in [-0.4, -0.2) is 5.91 Å². The molecule has 2 aromatic rings. The fourth-order valence-electron chi connectivity index (χ4n) is 2.49. The molecule has 2 aromatic carbocycles. The van der Waals surface area contributed by atoms with E-state index in [1.54, 1.807) is 0 Å². The van der Waals surface area contributed by atoms with Crippen molar-refractivity contribution in [2.24, 2.45) is 0 Å². The Balaban J connectivity index is 2.17. The van der Waals surface area contributed by atoms with Gasteiger partial charge in [-0.2, -0.15) is 0 Å². The smallest absolute Gasteiger partial charge is 0.252 e. The number of benzene rings is 2. The summed E-state index contributed by atoms with van der Waals surface area (Å²) in [4.78, 5) is 12.3. The lowest BCUT2D eigenvalue weighted by atomic mass is 9.99. The molecule has 0 radical (unpaired) electrons. The Labute approximate surface area is 120 Å². The number of hydrogen-bond acceptors (Lipinski definition) is 1. The van der Waals surface area contributed by atoms with Gasteiger partial charge in [-0.1, -0.05) is 42.0 Å². The molecule has 0 saturated heterocycles. The third kappa shape index (κ3) is 3.08. The molecule has 1 unspecified atom stereocenters. The van der Waals surface area contributed by atoms with E-state index in [1.165, 1.54) is 11.1 Å². The summed E-state index contributed by atoms with van der Waals surface area (Å²) >= 11 is 0. The molecular formula is C18H21NO. The Morgan fingerprint density at radius 3 is 2.35 bits per heavy atom. The SMILES string of the molecule is Cc1ccc(C(C)NC(=O)c2ccccc2C)c(C)c1. The maximum absolute atomic E-state index is 12.3. The van der Waals surface area contributed by atoms with Crippen molar-refractivity contribution in [1.29, 1.82) is 0 Å². The lowest BCUT2D eigenvalue weighted by Crippen LogP contribution is -2.27. The van der Waals surface area contributed by atoms with Gasteiger partial charge in [-0.05, 0) is 50.5 Å². The van der Waals surface area contributed by atoms with Crippen molar-refractivity contribution in [1.82, 2.24) is 5.32 Å². The summed E-state index contributed by atoms with van der Waals surface area (Å²) in [6.45, 7) is 8.14. The van der Waals surface area contributed by atoms with Gasteiger partial charge in [-0.3, -0.25) is 4.79 Å². The summed E-state index contributed by atoms with van der Waals surface area (Å²) in [5.74, 6) is -0.0180. The molecule has 0 bridgehead atoms. The van der Waals surface area contributed by atoms with E-state index in [9.17, 15) is 4.79 Å². The molecule has 2 nitrogen and oxygen atoms in total. The highest BCUT2D eigenvalue weighted by Crippen LogP contribution is 2.19.